The van der Waals surface area contributed by atoms with Crippen molar-refractivity contribution in [1.82, 2.24) is 5.32 Å². The van der Waals surface area contributed by atoms with Crippen molar-refractivity contribution in [2.24, 2.45) is 0 Å². The number of aromatic carboxylic acids is 1. The van der Waals surface area contributed by atoms with Crippen molar-refractivity contribution in [2.45, 2.75) is 6.92 Å². The number of aryl methyl sites for hydroxylation is 1. The van der Waals surface area contributed by atoms with Gasteiger partial charge in [0.1, 0.15) is 17.2 Å². The van der Waals surface area contributed by atoms with Gasteiger partial charge in [-0.25, -0.2) is 9.18 Å². The van der Waals surface area contributed by atoms with Gasteiger partial charge in [-0.2, -0.15) is 0 Å². The van der Waals surface area contributed by atoms with Crippen LogP contribution in [0.4, 0.5) is 4.39 Å². The number of rotatable bonds is 4. The molecule has 0 bridgehead atoms. The van der Waals surface area contributed by atoms with Crippen molar-refractivity contribution in [3.63, 3.8) is 0 Å². The number of fused-ring (bicyclic) bond motifs is 1. The maximum atomic E-state index is 13.3. The molecule has 3 aromatic carbocycles. The van der Waals surface area contributed by atoms with Crippen LogP contribution in [0.25, 0.3) is 33.4 Å². The molecular formula is C24H18FNO4. The Hall–Kier alpha value is -3.93. The summed E-state index contributed by atoms with van der Waals surface area (Å²) in [7, 11) is 1.53. The first kappa shape index (κ1) is 19.4. The molecule has 0 saturated heterocycles. The van der Waals surface area contributed by atoms with E-state index in [1.165, 1.54) is 19.2 Å². The minimum atomic E-state index is -1.01. The van der Waals surface area contributed by atoms with E-state index >= 15 is 0 Å². The maximum Gasteiger partial charge on any atom is 0.335 e. The average molecular weight is 403 g/mol. The fourth-order valence-electron chi connectivity index (χ4n) is 3.51. The number of nitrogens with one attached hydrogen (secondary N) is 1. The number of benzene rings is 3. The monoisotopic (exact) mass is 403 g/mol. The first-order chi connectivity index (χ1) is 14.4. The summed E-state index contributed by atoms with van der Waals surface area (Å²) in [4.78, 5) is 24.1. The highest BCUT2D eigenvalue weighted by Gasteiger charge is 2.22. The molecule has 150 valence electrons. The van der Waals surface area contributed by atoms with Crippen LogP contribution in [0.5, 0.6) is 0 Å². The maximum absolute atomic E-state index is 13.3. The lowest BCUT2D eigenvalue weighted by Gasteiger charge is -2.06. The zero-order valence-corrected chi connectivity index (χ0v) is 16.3. The summed E-state index contributed by atoms with van der Waals surface area (Å²) >= 11 is 0. The molecule has 0 aliphatic carbocycles. The molecule has 0 fully saturated rings. The van der Waals surface area contributed by atoms with E-state index in [0.717, 1.165) is 16.7 Å². The van der Waals surface area contributed by atoms with Crippen molar-refractivity contribution in [3.05, 3.63) is 83.2 Å². The van der Waals surface area contributed by atoms with Gasteiger partial charge in [-0.3, -0.25) is 4.79 Å². The Morgan fingerprint density at radius 1 is 0.933 bits per heavy atom. The van der Waals surface area contributed by atoms with Gasteiger partial charge in [-0.1, -0.05) is 12.1 Å². The van der Waals surface area contributed by atoms with Crippen LogP contribution < -0.4 is 5.32 Å². The zero-order chi connectivity index (χ0) is 21.4. The van der Waals surface area contributed by atoms with Gasteiger partial charge in [0.2, 0.25) is 0 Å². The topological polar surface area (TPSA) is 79.5 Å². The Balaban J connectivity index is 1.94. The lowest BCUT2D eigenvalue weighted by molar-refractivity contribution is 0.0696. The number of carboxylic acid groups (broad SMARTS) is 1. The molecule has 5 nitrogen and oxygen atoms in total. The number of carbonyl (C=O) groups is 2. The molecule has 0 radical (unpaired) electrons. The SMILES string of the molecule is CNC(=O)c1c(-c2ccc(F)cc2)oc2ccc(-c3cc(C)cc(C(=O)O)c3)cc12. The van der Waals surface area contributed by atoms with E-state index in [1.54, 1.807) is 36.4 Å². The first-order valence-corrected chi connectivity index (χ1v) is 9.27. The molecular weight excluding hydrogens is 385 g/mol. The second kappa shape index (κ2) is 7.48. The highest BCUT2D eigenvalue weighted by atomic mass is 19.1. The van der Waals surface area contributed by atoms with Crippen LogP contribution in [-0.4, -0.2) is 24.0 Å². The molecule has 1 aromatic heterocycles. The summed E-state index contributed by atoms with van der Waals surface area (Å²) < 4.78 is 19.3. The Kier molecular flexibility index (Phi) is 4.83. The fourth-order valence-corrected chi connectivity index (χ4v) is 3.51. The molecule has 4 aromatic rings. The summed E-state index contributed by atoms with van der Waals surface area (Å²) in [6.07, 6.45) is 0. The van der Waals surface area contributed by atoms with Crippen LogP contribution in [0.1, 0.15) is 26.3 Å². The van der Waals surface area contributed by atoms with E-state index in [-0.39, 0.29) is 17.3 Å². The van der Waals surface area contributed by atoms with Crippen LogP contribution in [0.3, 0.4) is 0 Å². The molecule has 0 unspecified atom stereocenters. The molecule has 1 heterocycles. The van der Waals surface area contributed by atoms with Gasteiger partial charge < -0.3 is 14.8 Å². The summed E-state index contributed by atoms with van der Waals surface area (Å²) in [5.41, 5.74) is 3.91. The van der Waals surface area contributed by atoms with Gasteiger partial charge in [-0.05, 0) is 72.1 Å². The molecule has 4 rings (SSSR count). The second-order valence-corrected chi connectivity index (χ2v) is 7.00. The third-order valence-corrected chi connectivity index (χ3v) is 4.91. The molecule has 1 amide bonds. The second-order valence-electron chi connectivity index (χ2n) is 7.00. The fraction of sp³-hybridized carbons (Fsp3) is 0.0833. The number of hydrogen-bond donors (Lipinski definition) is 2. The van der Waals surface area contributed by atoms with Gasteiger partial charge in [0.05, 0.1) is 11.1 Å². The van der Waals surface area contributed by atoms with Crippen LogP contribution in [0.15, 0.2) is 65.1 Å². The molecule has 30 heavy (non-hydrogen) atoms. The van der Waals surface area contributed by atoms with Crippen LogP contribution in [0, 0.1) is 12.7 Å². The highest BCUT2D eigenvalue weighted by Crippen LogP contribution is 2.36. The predicted octanol–water partition coefficient (Wildman–Crippen LogP) is 5.27. The average Bonchev–Trinajstić information content (AvgIpc) is 3.11. The van der Waals surface area contributed by atoms with Crippen molar-refractivity contribution < 1.29 is 23.5 Å². The normalized spacial score (nSPS) is 10.9. The molecule has 0 aliphatic heterocycles. The molecule has 0 spiro atoms. The summed E-state index contributed by atoms with van der Waals surface area (Å²) in [5.74, 6) is -1.38. The standard InChI is InChI=1S/C24H18FNO4/c1-13-9-16(11-17(10-13)24(28)29)15-5-8-20-19(12-15)21(23(27)26-2)22(30-20)14-3-6-18(25)7-4-14/h3-12H,1-2H3,(H,26,27)(H,28,29). The van der Waals surface area contributed by atoms with Gasteiger partial charge >= 0.3 is 5.97 Å². The third-order valence-electron chi connectivity index (χ3n) is 4.91. The molecule has 0 saturated carbocycles. The smallest absolute Gasteiger partial charge is 0.335 e. The Morgan fingerprint density at radius 2 is 1.63 bits per heavy atom. The number of hydrogen-bond acceptors (Lipinski definition) is 3. The minimum absolute atomic E-state index is 0.191. The Morgan fingerprint density at radius 3 is 2.30 bits per heavy atom. The molecule has 0 aliphatic rings. The summed E-state index contributed by atoms with van der Waals surface area (Å²) in [6, 6.07) is 16.2. The Labute approximate surface area is 171 Å². The zero-order valence-electron chi connectivity index (χ0n) is 16.3. The molecule has 0 atom stereocenters. The number of halogens is 1. The van der Waals surface area contributed by atoms with Crippen LogP contribution >= 0.6 is 0 Å². The first-order valence-electron chi connectivity index (χ1n) is 9.27. The van der Waals surface area contributed by atoms with E-state index in [0.29, 0.717) is 27.9 Å². The Bertz CT molecular complexity index is 1290. The molecule has 6 heteroatoms. The van der Waals surface area contributed by atoms with Crippen molar-refractivity contribution in [3.8, 4) is 22.5 Å². The van der Waals surface area contributed by atoms with Crippen molar-refractivity contribution >= 4 is 22.8 Å². The van der Waals surface area contributed by atoms with Gasteiger partial charge in [-0.15, -0.1) is 0 Å². The lowest BCUT2D eigenvalue weighted by atomic mass is 9.97. The quantitative estimate of drug-likeness (QED) is 0.486. The number of furan rings is 1. The van der Waals surface area contributed by atoms with E-state index < -0.39 is 5.97 Å². The van der Waals surface area contributed by atoms with Gasteiger partial charge in [0.15, 0.2) is 0 Å². The van der Waals surface area contributed by atoms with Crippen LogP contribution in [-0.2, 0) is 0 Å². The number of carboxylic acids is 1. The van der Waals surface area contributed by atoms with E-state index in [9.17, 15) is 19.1 Å². The highest BCUT2D eigenvalue weighted by molar-refractivity contribution is 6.11. The summed E-state index contributed by atoms with van der Waals surface area (Å²) in [6.45, 7) is 1.83. The number of amides is 1. The largest absolute Gasteiger partial charge is 0.478 e. The summed E-state index contributed by atoms with van der Waals surface area (Å²) in [5, 5.41) is 12.6. The minimum Gasteiger partial charge on any atom is -0.478 e. The van der Waals surface area contributed by atoms with E-state index in [1.807, 2.05) is 19.1 Å². The third kappa shape index (κ3) is 3.43. The predicted molar refractivity (Wildman–Crippen MR) is 112 cm³/mol. The van der Waals surface area contributed by atoms with Gasteiger partial charge in [0, 0.05) is 18.0 Å². The van der Waals surface area contributed by atoms with Crippen molar-refractivity contribution in [2.75, 3.05) is 7.05 Å². The van der Waals surface area contributed by atoms with Crippen LogP contribution in [0.2, 0.25) is 0 Å². The number of carbonyl (C=O) groups excluding carboxylic acids is 1. The van der Waals surface area contributed by atoms with Crippen molar-refractivity contribution in [1.29, 1.82) is 0 Å². The van der Waals surface area contributed by atoms with E-state index in [2.05, 4.69) is 5.32 Å². The molecule has 2 N–H and O–H groups in total. The van der Waals surface area contributed by atoms with Gasteiger partial charge in [0.25, 0.3) is 5.91 Å². The lowest BCUT2D eigenvalue weighted by Crippen LogP contribution is -2.18. The van der Waals surface area contributed by atoms with E-state index in [4.69, 9.17) is 4.42 Å².